The predicted octanol–water partition coefficient (Wildman–Crippen LogP) is 2.97. The molecule has 0 saturated carbocycles. The molecule has 142 valence electrons. The van der Waals surface area contributed by atoms with Gasteiger partial charge >= 0.3 is 5.97 Å². The number of benzene rings is 2. The molecule has 0 atom stereocenters. The molecule has 7 nitrogen and oxygen atoms in total. The highest BCUT2D eigenvalue weighted by Gasteiger charge is 2.12. The van der Waals surface area contributed by atoms with E-state index in [1.165, 1.54) is 30.1 Å². The average molecular weight is 377 g/mol. The molecule has 0 aliphatic rings. The third-order valence-corrected chi connectivity index (χ3v) is 4.35. The Bertz CT molecular complexity index is 1130. The molecule has 0 aliphatic heterocycles. The minimum atomic E-state index is -0.444. The van der Waals surface area contributed by atoms with Gasteiger partial charge in [-0.3, -0.25) is 14.2 Å². The number of hydrogen-bond acceptors (Lipinski definition) is 6. The van der Waals surface area contributed by atoms with E-state index in [2.05, 4.69) is 4.98 Å². The molecule has 0 unspecified atom stereocenters. The van der Waals surface area contributed by atoms with Gasteiger partial charge in [-0.15, -0.1) is 0 Å². The van der Waals surface area contributed by atoms with Gasteiger partial charge in [-0.25, -0.2) is 4.98 Å². The lowest BCUT2D eigenvalue weighted by Crippen LogP contribution is -2.21. The van der Waals surface area contributed by atoms with Crippen LogP contribution in [0.1, 0.15) is 24.0 Å². The van der Waals surface area contributed by atoms with E-state index in [0.29, 0.717) is 35.2 Å². The summed E-state index contributed by atoms with van der Waals surface area (Å²) in [6.45, 7) is 2.27. The molecule has 1 aromatic heterocycles. The second-order valence-electron chi connectivity index (χ2n) is 6.27. The summed E-state index contributed by atoms with van der Waals surface area (Å²) in [4.78, 5) is 29.0. The maximum absolute atomic E-state index is 12.6. The van der Waals surface area contributed by atoms with Gasteiger partial charge in [-0.05, 0) is 37.1 Å². The zero-order valence-corrected chi connectivity index (χ0v) is 15.6. The van der Waals surface area contributed by atoms with Crippen molar-refractivity contribution in [2.45, 2.75) is 26.3 Å². The molecule has 28 heavy (non-hydrogen) atoms. The Morgan fingerprint density at radius 1 is 1.25 bits per heavy atom. The second-order valence-corrected chi connectivity index (χ2v) is 6.27. The minimum absolute atomic E-state index is 0.126. The highest BCUT2D eigenvalue weighted by Crippen LogP contribution is 2.28. The normalized spacial score (nSPS) is 10.5. The first-order chi connectivity index (χ1) is 13.5. The van der Waals surface area contributed by atoms with Crippen LogP contribution in [0, 0.1) is 18.3 Å². The summed E-state index contributed by atoms with van der Waals surface area (Å²) in [5.41, 5.74) is 1.92. The van der Waals surface area contributed by atoms with E-state index >= 15 is 0 Å². The number of nitriles is 1. The summed E-state index contributed by atoms with van der Waals surface area (Å²) in [5.74, 6) is 0.130. The molecule has 0 aliphatic carbocycles. The number of aryl methyl sites for hydroxylation is 2. The maximum Gasteiger partial charge on any atom is 0.311 e. The number of methoxy groups -OCH3 is 1. The number of nitrogens with zero attached hydrogens (tertiary/aromatic N) is 3. The fourth-order valence-electron chi connectivity index (χ4n) is 2.89. The Morgan fingerprint density at radius 3 is 2.82 bits per heavy atom. The SMILES string of the molecule is COc1cc(C#N)ccc1OC(=O)CCCn1cnc2c(C)cccc2c1=O. The first kappa shape index (κ1) is 19.1. The van der Waals surface area contributed by atoms with E-state index in [-0.39, 0.29) is 17.7 Å². The highest BCUT2D eigenvalue weighted by molar-refractivity contribution is 5.80. The first-order valence-electron chi connectivity index (χ1n) is 8.77. The van der Waals surface area contributed by atoms with Crippen molar-refractivity contribution in [3.8, 4) is 17.6 Å². The van der Waals surface area contributed by atoms with Crippen LogP contribution in [0.2, 0.25) is 0 Å². The van der Waals surface area contributed by atoms with Gasteiger partial charge < -0.3 is 9.47 Å². The summed E-state index contributed by atoms with van der Waals surface area (Å²) in [7, 11) is 1.44. The van der Waals surface area contributed by atoms with Gasteiger partial charge in [0, 0.05) is 19.0 Å². The smallest absolute Gasteiger partial charge is 0.311 e. The van der Waals surface area contributed by atoms with E-state index < -0.39 is 5.97 Å². The van der Waals surface area contributed by atoms with Crippen molar-refractivity contribution in [3.63, 3.8) is 0 Å². The summed E-state index contributed by atoms with van der Waals surface area (Å²) >= 11 is 0. The van der Waals surface area contributed by atoms with Gasteiger partial charge in [-0.1, -0.05) is 12.1 Å². The van der Waals surface area contributed by atoms with Crippen molar-refractivity contribution in [2.75, 3.05) is 7.11 Å². The number of esters is 1. The Labute approximate surface area is 161 Å². The summed E-state index contributed by atoms with van der Waals surface area (Å²) < 4.78 is 12.0. The number of ether oxygens (including phenoxy) is 2. The van der Waals surface area contributed by atoms with Crippen molar-refractivity contribution in [3.05, 3.63) is 64.2 Å². The quantitative estimate of drug-likeness (QED) is 0.484. The Morgan fingerprint density at radius 2 is 2.07 bits per heavy atom. The zero-order chi connectivity index (χ0) is 20.1. The molecule has 3 rings (SSSR count). The number of hydrogen-bond donors (Lipinski definition) is 0. The van der Waals surface area contributed by atoms with Crippen LogP contribution in [-0.4, -0.2) is 22.6 Å². The molecule has 0 saturated heterocycles. The minimum Gasteiger partial charge on any atom is -0.493 e. The third-order valence-electron chi connectivity index (χ3n) is 4.35. The second kappa shape index (κ2) is 8.35. The highest BCUT2D eigenvalue weighted by atomic mass is 16.6. The van der Waals surface area contributed by atoms with Gasteiger partial charge in [0.25, 0.3) is 5.56 Å². The Hall–Kier alpha value is -3.66. The van der Waals surface area contributed by atoms with Crippen molar-refractivity contribution < 1.29 is 14.3 Å². The molecule has 1 heterocycles. The van der Waals surface area contributed by atoms with Crippen molar-refractivity contribution in [1.82, 2.24) is 9.55 Å². The third kappa shape index (κ3) is 4.01. The molecule has 0 spiro atoms. The predicted molar refractivity (Wildman–Crippen MR) is 103 cm³/mol. The van der Waals surface area contributed by atoms with Crippen molar-refractivity contribution in [2.24, 2.45) is 0 Å². The molecular weight excluding hydrogens is 358 g/mol. The molecule has 7 heteroatoms. The number of aromatic nitrogens is 2. The topological polar surface area (TPSA) is 94.2 Å². The van der Waals surface area contributed by atoms with E-state index in [1.807, 2.05) is 25.1 Å². The van der Waals surface area contributed by atoms with Crippen LogP contribution in [0.15, 0.2) is 47.5 Å². The van der Waals surface area contributed by atoms with E-state index in [1.54, 1.807) is 12.1 Å². The molecule has 0 N–H and O–H groups in total. The monoisotopic (exact) mass is 377 g/mol. The van der Waals surface area contributed by atoms with E-state index in [9.17, 15) is 9.59 Å². The molecule has 3 aromatic rings. The maximum atomic E-state index is 12.6. The number of fused-ring (bicyclic) bond motifs is 1. The fourth-order valence-corrected chi connectivity index (χ4v) is 2.89. The van der Waals surface area contributed by atoms with Crippen molar-refractivity contribution >= 4 is 16.9 Å². The number of carbonyl (C=O) groups excluding carboxylic acids is 1. The lowest BCUT2D eigenvalue weighted by Gasteiger charge is -2.10. The summed E-state index contributed by atoms with van der Waals surface area (Å²) in [6, 6.07) is 12.1. The van der Waals surface area contributed by atoms with Crippen LogP contribution in [0.5, 0.6) is 11.5 Å². The molecule has 0 fully saturated rings. The van der Waals surface area contributed by atoms with Crippen LogP contribution < -0.4 is 15.0 Å². The number of rotatable bonds is 6. The molecule has 0 radical (unpaired) electrons. The molecule has 2 aromatic carbocycles. The standard InChI is InChI=1S/C21H19N3O4/c1-14-5-3-6-16-20(14)23-13-24(21(16)26)10-4-7-19(25)28-17-9-8-15(12-22)11-18(17)27-2/h3,5-6,8-9,11,13H,4,7,10H2,1-2H3. The van der Waals surface area contributed by atoms with E-state index in [0.717, 1.165) is 5.56 Å². The lowest BCUT2D eigenvalue weighted by molar-refractivity contribution is -0.134. The van der Waals surface area contributed by atoms with Gasteiger partial charge in [-0.2, -0.15) is 5.26 Å². The molecule has 0 amide bonds. The van der Waals surface area contributed by atoms with Crippen LogP contribution in [0.3, 0.4) is 0 Å². The number of para-hydroxylation sites is 1. The van der Waals surface area contributed by atoms with E-state index in [4.69, 9.17) is 14.7 Å². The van der Waals surface area contributed by atoms with Crippen LogP contribution in [0.25, 0.3) is 10.9 Å². The Balaban J connectivity index is 1.63. The van der Waals surface area contributed by atoms with Gasteiger partial charge in [0.2, 0.25) is 0 Å². The average Bonchev–Trinajstić information content (AvgIpc) is 2.70. The van der Waals surface area contributed by atoms with Gasteiger partial charge in [0.05, 0.1) is 36.0 Å². The van der Waals surface area contributed by atoms with Gasteiger partial charge in [0.15, 0.2) is 11.5 Å². The van der Waals surface area contributed by atoms with Crippen LogP contribution >= 0.6 is 0 Å². The molecular formula is C21H19N3O4. The van der Waals surface area contributed by atoms with Crippen LogP contribution in [-0.2, 0) is 11.3 Å². The van der Waals surface area contributed by atoms with Crippen molar-refractivity contribution in [1.29, 1.82) is 5.26 Å². The summed E-state index contributed by atoms with van der Waals surface area (Å²) in [5, 5.41) is 9.47. The van der Waals surface area contributed by atoms with Gasteiger partial charge in [0.1, 0.15) is 0 Å². The zero-order valence-electron chi connectivity index (χ0n) is 15.6. The largest absolute Gasteiger partial charge is 0.493 e. The first-order valence-corrected chi connectivity index (χ1v) is 8.77. The Kier molecular flexibility index (Phi) is 5.70. The number of carbonyl (C=O) groups is 1. The molecule has 0 bridgehead atoms. The summed E-state index contributed by atoms with van der Waals surface area (Å²) in [6.07, 6.45) is 2.06. The fraction of sp³-hybridized carbons (Fsp3) is 0.238. The lowest BCUT2D eigenvalue weighted by atomic mass is 10.1. The van der Waals surface area contributed by atoms with Crippen LogP contribution in [0.4, 0.5) is 0 Å².